The number of methoxy groups -OCH3 is 1. The second-order valence-corrected chi connectivity index (χ2v) is 5.91. The molecule has 3 aromatic rings. The lowest BCUT2D eigenvalue weighted by Crippen LogP contribution is -2.28. The van der Waals surface area contributed by atoms with Crippen LogP contribution in [0, 0.1) is 5.82 Å². The maximum Gasteiger partial charge on any atom is 0.337 e. The zero-order valence-electron chi connectivity index (χ0n) is 13.8. The van der Waals surface area contributed by atoms with Crippen molar-refractivity contribution in [2.24, 2.45) is 0 Å². The molecule has 0 saturated carbocycles. The molecule has 1 aromatic heterocycles. The van der Waals surface area contributed by atoms with Gasteiger partial charge in [0.25, 0.3) is 0 Å². The molecule has 0 saturated heterocycles. The first-order chi connectivity index (χ1) is 12.1. The Balaban J connectivity index is 2.03. The molecule has 0 unspecified atom stereocenters. The van der Waals surface area contributed by atoms with Crippen LogP contribution in [0.5, 0.6) is 0 Å². The fourth-order valence-electron chi connectivity index (χ4n) is 3.33. The number of carbonyl (C=O) groups is 1. The molecule has 1 aliphatic heterocycles. The molecule has 4 rings (SSSR count). The van der Waals surface area contributed by atoms with Gasteiger partial charge in [-0.15, -0.1) is 0 Å². The number of ether oxygens (including phenoxy) is 1. The summed E-state index contributed by atoms with van der Waals surface area (Å²) in [5, 5.41) is 3.17. The minimum Gasteiger partial charge on any atom is -0.466 e. The molecular weight excluding hydrogens is 321 g/mol. The van der Waals surface area contributed by atoms with Crippen LogP contribution in [0.1, 0.15) is 18.5 Å². The number of carbonyl (C=O) groups excluding carboxylic acids is 1. The summed E-state index contributed by atoms with van der Waals surface area (Å²) in [6.07, 6.45) is 0. The normalized spacial score (nSPS) is 16.5. The molecule has 1 atom stereocenters. The molecule has 5 nitrogen and oxygen atoms in total. The summed E-state index contributed by atoms with van der Waals surface area (Å²) in [6.45, 7) is 1.79. The van der Waals surface area contributed by atoms with Crippen LogP contribution >= 0.6 is 0 Å². The number of allylic oxidation sites excluding steroid dienone is 1. The van der Waals surface area contributed by atoms with E-state index in [-0.39, 0.29) is 5.82 Å². The van der Waals surface area contributed by atoms with Crippen molar-refractivity contribution >= 4 is 23.0 Å². The number of anilines is 1. The Morgan fingerprint density at radius 3 is 2.80 bits per heavy atom. The Kier molecular flexibility index (Phi) is 3.53. The average Bonchev–Trinajstić information content (AvgIpc) is 2.97. The number of esters is 1. The van der Waals surface area contributed by atoms with Crippen molar-refractivity contribution in [1.29, 1.82) is 0 Å². The topological polar surface area (TPSA) is 56.1 Å². The summed E-state index contributed by atoms with van der Waals surface area (Å²) in [7, 11) is 1.34. The summed E-state index contributed by atoms with van der Waals surface area (Å²) in [5.41, 5.74) is 3.39. The van der Waals surface area contributed by atoms with E-state index >= 15 is 0 Å². The first-order valence-electron chi connectivity index (χ1n) is 7.88. The van der Waals surface area contributed by atoms with Crippen molar-refractivity contribution in [3.63, 3.8) is 0 Å². The molecule has 0 aliphatic carbocycles. The van der Waals surface area contributed by atoms with Crippen LogP contribution in [-0.4, -0.2) is 22.6 Å². The molecule has 1 N–H and O–H groups in total. The highest BCUT2D eigenvalue weighted by molar-refractivity contribution is 5.94. The molecule has 0 amide bonds. The van der Waals surface area contributed by atoms with Gasteiger partial charge in [0.15, 0.2) is 0 Å². The second-order valence-electron chi connectivity index (χ2n) is 5.91. The van der Waals surface area contributed by atoms with E-state index in [0.717, 1.165) is 11.0 Å². The molecule has 2 aromatic carbocycles. The van der Waals surface area contributed by atoms with Gasteiger partial charge in [0.1, 0.15) is 5.82 Å². The lowest BCUT2D eigenvalue weighted by molar-refractivity contribution is -0.136. The summed E-state index contributed by atoms with van der Waals surface area (Å²) >= 11 is 0. The molecule has 25 heavy (non-hydrogen) atoms. The number of benzene rings is 2. The third-order valence-electron chi connectivity index (χ3n) is 4.40. The van der Waals surface area contributed by atoms with Gasteiger partial charge in [0, 0.05) is 5.70 Å². The van der Waals surface area contributed by atoms with Gasteiger partial charge < -0.3 is 10.1 Å². The SMILES string of the molecule is COC(=O)C1=C(C)Nc2nc3ccccc3n2[C@@H]1c1cccc(F)c1. The quantitative estimate of drug-likeness (QED) is 0.726. The van der Waals surface area contributed by atoms with E-state index in [9.17, 15) is 9.18 Å². The van der Waals surface area contributed by atoms with Crippen LogP contribution in [0.4, 0.5) is 10.3 Å². The molecule has 126 valence electrons. The van der Waals surface area contributed by atoms with Gasteiger partial charge >= 0.3 is 5.97 Å². The predicted molar refractivity (Wildman–Crippen MR) is 92.6 cm³/mol. The number of imidazole rings is 1. The Labute approximate surface area is 143 Å². The van der Waals surface area contributed by atoms with Crippen LogP contribution in [0.2, 0.25) is 0 Å². The monoisotopic (exact) mass is 337 g/mol. The van der Waals surface area contributed by atoms with E-state index < -0.39 is 12.0 Å². The minimum absolute atomic E-state index is 0.358. The number of halogens is 1. The fraction of sp³-hybridized carbons (Fsp3) is 0.158. The number of nitrogens with zero attached hydrogens (tertiary/aromatic N) is 2. The standard InChI is InChI=1S/C19H16FN3O2/c1-11-16(18(24)25-2)17(12-6-5-7-13(20)10-12)23-15-9-4-3-8-14(15)22-19(23)21-11/h3-10,17H,1-2H3,(H,21,22)/t17-/m1/s1. The number of nitrogens with one attached hydrogen (secondary N) is 1. The van der Waals surface area contributed by atoms with Gasteiger partial charge in [-0.2, -0.15) is 0 Å². The van der Waals surface area contributed by atoms with E-state index in [0.29, 0.717) is 22.8 Å². The Morgan fingerprint density at radius 1 is 1.24 bits per heavy atom. The Hall–Kier alpha value is -3.15. The summed E-state index contributed by atoms with van der Waals surface area (Å²) in [5.74, 6) is -0.202. The summed E-state index contributed by atoms with van der Waals surface area (Å²) in [6, 6.07) is 13.4. The number of hydrogen-bond acceptors (Lipinski definition) is 4. The van der Waals surface area contributed by atoms with E-state index in [2.05, 4.69) is 10.3 Å². The molecule has 0 bridgehead atoms. The highest BCUT2D eigenvalue weighted by Crippen LogP contribution is 2.39. The maximum atomic E-state index is 13.9. The largest absolute Gasteiger partial charge is 0.466 e. The zero-order valence-corrected chi connectivity index (χ0v) is 13.8. The van der Waals surface area contributed by atoms with E-state index in [4.69, 9.17) is 4.74 Å². The number of hydrogen-bond donors (Lipinski definition) is 1. The minimum atomic E-state index is -0.521. The van der Waals surface area contributed by atoms with Gasteiger partial charge in [0.2, 0.25) is 5.95 Å². The van der Waals surface area contributed by atoms with Gasteiger partial charge in [-0.1, -0.05) is 24.3 Å². The molecule has 1 aliphatic rings. The third kappa shape index (κ3) is 2.38. The van der Waals surface area contributed by atoms with Crippen molar-refractivity contribution in [3.8, 4) is 0 Å². The fourth-order valence-corrected chi connectivity index (χ4v) is 3.33. The first kappa shape index (κ1) is 15.4. The molecule has 0 spiro atoms. The van der Waals surface area contributed by atoms with Crippen molar-refractivity contribution in [3.05, 3.63) is 71.2 Å². The van der Waals surface area contributed by atoms with Crippen molar-refractivity contribution < 1.29 is 13.9 Å². The highest BCUT2D eigenvalue weighted by atomic mass is 19.1. The van der Waals surface area contributed by atoms with Crippen LogP contribution in [0.25, 0.3) is 11.0 Å². The van der Waals surface area contributed by atoms with Crippen LogP contribution < -0.4 is 5.32 Å². The van der Waals surface area contributed by atoms with E-state index in [1.165, 1.54) is 19.2 Å². The molecule has 0 radical (unpaired) electrons. The molecular formula is C19H16FN3O2. The number of para-hydroxylation sites is 2. The van der Waals surface area contributed by atoms with Crippen molar-refractivity contribution in [2.45, 2.75) is 13.0 Å². The van der Waals surface area contributed by atoms with Crippen molar-refractivity contribution in [2.75, 3.05) is 12.4 Å². The van der Waals surface area contributed by atoms with Crippen LogP contribution in [0.3, 0.4) is 0 Å². The summed E-state index contributed by atoms with van der Waals surface area (Å²) < 4.78 is 20.8. The summed E-state index contributed by atoms with van der Waals surface area (Å²) in [4.78, 5) is 17.1. The van der Waals surface area contributed by atoms with Crippen LogP contribution in [0.15, 0.2) is 59.8 Å². The number of aromatic nitrogens is 2. The van der Waals surface area contributed by atoms with Crippen LogP contribution in [-0.2, 0) is 9.53 Å². The Bertz CT molecular complexity index is 1020. The van der Waals surface area contributed by atoms with E-state index in [1.807, 2.05) is 28.8 Å². The first-order valence-corrected chi connectivity index (χ1v) is 7.88. The number of fused-ring (bicyclic) bond motifs is 3. The van der Waals surface area contributed by atoms with Gasteiger partial charge in [-0.3, -0.25) is 4.57 Å². The van der Waals surface area contributed by atoms with Crippen molar-refractivity contribution in [1.82, 2.24) is 9.55 Å². The Morgan fingerprint density at radius 2 is 2.04 bits per heavy atom. The molecule has 2 heterocycles. The van der Waals surface area contributed by atoms with Gasteiger partial charge in [-0.05, 0) is 36.8 Å². The smallest absolute Gasteiger partial charge is 0.337 e. The lowest BCUT2D eigenvalue weighted by Gasteiger charge is -2.30. The average molecular weight is 337 g/mol. The number of rotatable bonds is 2. The highest BCUT2D eigenvalue weighted by Gasteiger charge is 2.34. The predicted octanol–water partition coefficient (Wildman–Crippen LogP) is 3.64. The van der Waals surface area contributed by atoms with Gasteiger partial charge in [0.05, 0.1) is 29.8 Å². The lowest BCUT2D eigenvalue weighted by atomic mass is 9.95. The zero-order chi connectivity index (χ0) is 17.6. The maximum absolute atomic E-state index is 13.9. The van der Waals surface area contributed by atoms with E-state index in [1.54, 1.807) is 19.1 Å². The second kappa shape index (κ2) is 5.73. The third-order valence-corrected chi connectivity index (χ3v) is 4.40. The molecule has 6 heteroatoms. The molecule has 0 fully saturated rings. The van der Waals surface area contributed by atoms with Gasteiger partial charge in [-0.25, -0.2) is 14.2 Å².